The average Bonchev–Trinajstić information content (AvgIpc) is 2.76. The molecule has 156 valence electrons. The van der Waals surface area contributed by atoms with Crippen molar-refractivity contribution >= 4 is 5.96 Å². The third-order valence-corrected chi connectivity index (χ3v) is 3.87. The number of rotatable bonds is 12. The fraction of sp³-hybridized carbons (Fsp3) is 0.364. The van der Waals surface area contributed by atoms with E-state index in [2.05, 4.69) is 27.2 Å². The Hall–Kier alpha value is -3.06. The van der Waals surface area contributed by atoms with Crippen LogP contribution in [0, 0.1) is 0 Å². The van der Waals surface area contributed by atoms with Gasteiger partial charge in [-0.1, -0.05) is 36.9 Å². The van der Waals surface area contributed by atoms with E-state index in [0.29, 0.717) is 38.8 Å². The van der Waals surface area contributed by atoms with Gasteiger partial charge in [0.1, 0.15) is 19.0 Å². The van der Waals surface area contributed by atoms with Gasteiger partial charge in [0.25, 0.3) is 0 Å². The van der Waals surface area contributed by atoms with Crippen LogP contribution in [-0.2, 0) is 17.8 Å². The van der Waals surface area contributed by atoms with Crippen LogP contribution in [0.4, 0.5) is 0 Å². The average molecular weight is 399 g/mol. The van der Waals surface area contributed by atoms with Crippen molar-refractivity contribution in [2.75, 3.05) is 33.5 Å². The van der Waals surface area contributed by atoms with Crippen molar-refractivity contribution in [1.82, 2.24) is 15.6 Å². The van der Waals surface area contributed by atoms with E-state index in [1.165, 1.54) is 0 Å². The SMILES string of the molecule is C=CCOc1ccccc1CNC(=NCc1ccc(OCCOC)nc1)NCC. The molecule has 0 aliphatic heterocycles. The fourth-order valence-electron chi connectivity index (χ4n) is 2.45. The highest BCUT2D eigenvalue weighted by Gasteiger charge is 2.04. The van der Waals surface area contributed by atoms with Gasteiger partial charge < -0.3 is 24.8 Å². The van der Waals surface area contributed by atoms with Crippen molar-refractivity contribution in [1.29, 1.82) is 0 Å². The van der Waals surface area contributed by atoms with Crippen molar-refractivity contribution < 1.29 is 14.2 Å². The van der Waals surface area contributed by atoms with Gasteiger partial charge in [-0.05, 0) is 18.6 Å². The number of methoxy groups -OCH3 is 1. The van der Waals surface area contributed by atoms with E-state index >= 15 is 0 Å². The highest BCUT2D eigenvalue weighted by atomic mass is 16.5. The standard InChI is InChI=1S/C22H30N4O3/c1-4-12-28-20-9-7-6-8-19(20)17-26-22(23-5-2)25-16-18-10-11-21(24-15-18)29-14-13-27-3/h4,6-11,15H,1,5,12-14,16-17H2,2-3H3,(H2,23,25,26). The fourth-order valence-corrected chi connectivity index (χ4v) is 2.45. The van der Waals surface area contributed by atoms with Gasteiger partial charge in [0.2, 0.25) is 5.88 Å². The summed E-state index contributed by atoms with van der Waals surface area (Å²) >= 11 is 0. The van der Waals surface area contributed by atoms with Crippen LogP contribution in [0.25, 0.3) is 0 Å². The van der Waals surface area contributed by atoms with Crippen LogP contribution in [0.3, 0.4) is 0 Å². The summed E-state index contributed by atoms with van der Waals surface area (Å²) in [5, 5.41) is 6.60. The second-order valence-corrected chi connectivity index (χ2v) is 6.10. The van der Waals surface area contributed by atoms with Crippen molar-refractivity contribution in [3.05, 3.63) is 66.4 Å². The third-order valence-electron chi connectivity index (χ3n) is 3.87. The summed E-state index contributed by atoms with van der Waals surface area (Å²) in [6.45, 7) is 9.10. The van der Waals surface area contributed by atoms with E-state index in [1.807, 2.05) is 43.3 Å². The molecule has 1 heterocycles. The molecule has 0 atom stereocenters. The summed E-state index contributed by atoms with van der Waals surface area (Å²) in [6, 6.07) is 11.7. The van der Waals surface area contributed by atoms with Gasteiger partial charge in [0, 0.05) is 38.0 Å². The van der Waals surface area contributed by atoms with E-state index in [-0.39, 0.29) is 0 Å². The summed E-state index contributed by atoms with van der Waals surface area (Å²) in [7, 11) is 1.64. The number of nitrogens with one attached hydrogen (secondary N) is 2. The highest BCUT2D eigenvalue weighted by Crippen LogP contribution is 2.17. The number of hydrogen-bond acceptors (Lipinski definition) is 5. The van der Waals surface area contributed by atoms with Crippen LogP contribution in [0.5, 0.6) is 11.6 Å². The minimum absolute atomic E-state index is 0.476. The van der Waals surface area contributed by atoms with Gasteiger partial charge in [-0.25, -0.2) is 9.98 Å². The molecular weight excluding hydrogens is 368 g/mol. The molecule has 0 aliphatic rings. The number of ether oxygens (including phenoxy) is 3. The second-order valence-electron chi connectivity index (χ2n) is 6.10. The molecule has 2 aromatic rings. The monoisotopic (exact) mass is 398 g/mol. The summed E-state index contributed by atoms with van der Waals surface area (Å²) in [6.07, 6.45) is 3.51. The predicted octanol–water partition coefficient (Wildman–Crippen LogP) is 2.93. The molecule has 0 aliphatic carbocycles. The minimum Gasteiger partial charge on any atom is -0.489 e. The molecule has 1 aromatic carbocycles. The van der Waals surface area contributed by atoms with Crippen LogP contribution in [-0.4, -0.2) is 44.4 Å². The molecule has 0 spiro atoms. The van der Waals surface area contributed by atoms with Crippen molar-refractivity contribution in [3.8, 4) is 11.6 Å². The van der Waals surface area contributed by atoms with Crippen molar-refractivity contribution in [2.24, 2.45) is 4.99 Å². The molecule has 0 saturated heterocycles. The Morgan fingerprint density at radius 3 is 2.72 bits per heavy atom. The van der Waals surface area contributed by atoms with Crippen molar-refractivity contribution in [3.63, 3.8) is 0 Å². The van der Waals surface area contributed by atoms with Crippen LogP contribution in [0.1, 0.15) is 18.1 Å². The first-order valence-corrected chi connectivity index (χ1v) is 9.67. The molecule has 2 rings (SSSR count). The lowest BCUT2D eigenvalue weighted by molar-refractivity contribution is 0.143. The van der Waals surface area contributed by atoms with E-state index < -0.39 is 0 Å². The summed E-state index contributed by atoms with van der Waals surface area (Å²) in [5.41, 5.74) is 2.05. The second kappa shape index (κ2) is 13.2. The van der Waals surface area contributed by atoms with Crippen LogP contribution < -0.4 is 20.1 Å². The Labute approximate surface area is 172 Å². The third kappa shape index (κ3) is 8.23. The number of para-hydroxylation sites is 1. The van der Waals surface area contributed by atoms with Gasteiger partial charge >= 0.3 is 0 Å². The molecule has 0 fully saturated rings. The number of aliphatic imine (C=N–C) groups is 1. The molecule has 1 aromatic heterocycles. The maximum atomic E-state index is 5.71. The Morgan fingerprint density at radius 1 is 1.14 bits per heavy atom. The summed E-state index contributed by atoms with van der Waals surface area (Å²) < 4.78 is 16.1. The maximum absolute atomic E-state index is 5.71. The Balaban J connectivity index is 1.93. The zero-order valence-corrected chi connectivity index (χ0v) is 17.2. The van der Waals surface area contributed by atoms with E-state index in [4.69, 9.17) is 14.2 Å². The molecule has 0 amide bonds. The Morgan fingerprint density at radius 2 is 2.00 bits per heavy atom. The molecule has 7 nitrogen and oxygen atoms in total. The van der Waals surface area contributed by atoms with Crippen LogP contribution in [0.15, 0.2) is 60.2 Å². The number of guanidine groups is 1. The van der Waals surface area contributed by atoms with E-state index in [1.54, 1.807) is 19.4 Å². The highest BCUT2D eigenvalue weighted by molar-refractivity contribution is 5.79. The number of benzene rings is 1. The summed E-state index contributed by atoms with van der Waals surface area (Å²) in [5.74, 6) is 2.14. The van der Waals surface area contributed by atoms with Gasteiger partial charge in [0.05, 0.1) is 13.2 Å². The molecule has 0 unspecified atom stereocenters. The van der Waals surface area contributed by atoms with Crippen LogP contribution in [0.2, 0.25) is 0 Å². The van der Waals surface area contributed by atoms with Crippen LogP contribution >= 0.6 is 0 Å². The van der Waals surface area contributed by atoms with Gasteiger partial charge in [-0.2, -0.15) is 0 Å². The lowest BCUT2D eigenvalue weighted by Gasteiger charge is -2.14. The molecule has 0 bridgehead atoms. The first-order chi connectivity index (χ1) is 14.3. The Kier molecular flexibility index (Phi) is 10.1. The lowest BCUT2D eigenvalue weighted by atomic mass is 10.2. The zero-order chi connectivity index (χ0) is 20.7. The number of nitrogens with zero attached hydrogens (tertiary/aromatic N) is 2. The minimum atomic E-state index is 0.476. The Bertz CT molecular complexity index is 763. The smallest absolute Gasteiger partial charge is 0.213 e. The van der Waals surface area contributed by atoms with Crippen molar-refractivity contribution in [2.45, 2.75) is 20.0 Å². The van der Waals surface area contributed by atoms with E-state index in [0.717, 1.165) is 29.4 Å². The normalized spacial score (nSPS) is 11.0. The van der Waals surface area contributed by atoms with Gasteiger partial charge in [-0.3, -0.25) is 0 Å². The van der Waals surface area contributed by atoms with Gasteiger partial charge in [0.15, 0.2) is 5.96 Å². The number of aromatic nitrogens is 1. The lowest BCUT2D eigenvalue weighted by Crippen LogP contribution is -2.36. The number of hydrogen-bond donors (Lipinski definition) is 2. The first kappa shape index (κ1) is 22.2. The quantitative estimate of drug-likeness (QED) is 0.248. The first-order valence-electron chi connectivity index (χ1n) is 9.67. The van der Waals surface area contributed by atoms with Gasteiger partial charge in [-0.15, -0.1) is 0 Å². The zero-order valence-electron chi connectivity index (χ0n) is 17.2. The molecule has 2 N–H and O–H groups in total. The molecular formula is C22H30N4O3. The largest absolute Gasteiger partial charge is 0.489 e. The molecule has 7 heteroatoms. The molecule has 0 saturated carbocycles. The maximum Gasteiger partial charge on any atom is 0.213 e. The number of pyridine rings is 1. The summed E-state index contributed by atoms with van der Waals surface area (Å²) in [4.78, 5) is 8.93. The molecule has 0 radical (unpaired) electrons. The molecule has 29 heavy (non-hydrogen) atoms. The predicted molar refractivity (Wildman–Crippen MR) is 115 cm³/mol. The van der Waals surface area contributed by atoms with E-state index in [9.17, 15) is 0 Å². The topological polar surface area (TPSA) is 77.0 Å².